The molecule has 0 aliphatic heterocycles. The molecule has 1 fully saturated rings. The van der Waals surface area contributed by atoms with E-state index in [0.29, 0.717) is 19.0 Å². The molecular weight excluding hydrogens is 292 g/mol. The Morgan fingerprint density at radius 1 is 1.43 bits per heavy atom. The molecule has 122 valence electrons. The van der Waals surface area contributed by atoms with Crippen molar-refractivity contribution in [3.63, 3.8) is 0 Å². The minimum atomic E-state index is -0.411. The maximum absolute atomic E-state index is 12.0. The lowest BCUT2D eigenvalue weighted by molar-refractivity contribution is 0.113. The summed E-state index contributed by atoms with van der Waals surface area (Å²) in [5.74, 6) is 0.370. The molecule has 1 aromatic carbocycles. The number of aliphatic hydroxyl groups is 1. The van der Waals surface area contributed by atoms with Gasteiger partial charge in [0.2, 0.25) is 0 Å². The second-order valence-corrected chi connectivity index (χ2v) is 6.07. The smallest absolute Gasteiger partial charge is 0.317 e. The van der Waals surface area contributed by atoms with Gasteiger partial charge in [-0.25, -0.2) is 9.48 Å². The van der Waals surface area contributed by atoms with E-state index in [0.717, 1.165) is 24.1 Å². The highest BCUT2D eigenvalue weighted by Crippen LogP contribution is 2.32. The molecule has 1 unspecified atom stereocenters. The zero-order valence-electron chi connectivity index (χ0n) is 13.2. The van der Waals surface area contributed by atoms with E-state index in [9.17, 15) is 9.90 Å². The normalized spacial score (nSPS) is 15.2. The zero-order chi connectivity index (χ0) is 16.2. The van der Waals surface area contributed by atoms with Crippen LogP contribution in [-0.2, 0) is 6.54 Å². The Morgan fingerprint density at radius 3 is 2.87 bits per heavy atom. The SMILES string of the molecule is CN(CC(O)C1CC1)C(=O)NCc1cnn(-c2ccccc2)c1. The number of aliphatic hydroxyl groups excluding tert-OH is 1. The van der Waals surface area contributed by atoms with Gasteiger partial charge in [-0.05, 0) is 30.9 Å². The third-order valence-electron chi connectivity index (χ3n) is 4.07. The van der Waals surface area contributed by atoms with Crippen LogP contribution in [0.2, 0.25) is 0 Å². The van der Waals surface area contributed by atoms with Crippen molar-refractivity contribution < 1.29 is 9.90 Å². The predicted octanol–water partition coefficient (Wildman–Crippen LogP) is 1.78. The van der Waals surface area contributed by atoms with E-state index in [1.807, 2.05) is 36.5 Å². The quantitative estimate of drug-likeness (QED) is 0.854. The molecule has 0 bridgehead atoms. The van der Waals surface area contributed by atoms with Crippen LogP contribution in [0.25, 0.3) is 5.69 Å². The van der Waals surface area contributed by atoms with Gasteiger partial charge in [-0.15, -0.1) is 0 Å². The molecule has 2 amide bonds. The average Bonchev–Trinajstić information content (AvgIpc) is 3.32. The Labute approximate surface area is 135 Å². The van der Waals surface area contributed by atoms with Crippen LogP contribution in [0, 0.1) is 5.92 Å². The van der Waals surface area contributed by atoms with Gasteiger partial charge in [0, 0.05) is 31.9 Å². The second-order valence-electron chi connectivity index (χ2n) is 6.07. The number of nitrogens with zero attached hydrogens (tertiary/aromatic N) is 3. The maximum Gasteiger partial charge on any atom is 0.317 e. The molecule has 1 atom stereocenters. The number of rotatable bonds is 6. The van der Waals surface area contributed by atoms with Crippen LogP contribution in [0.1, 0.15) is 18.4 Å². The molecular formula is C17H22N4O2. The fourth-order valence-electron chi connectivity index (χ4n) is 2.48. The summed E-state index contributed by atoms with van der Waals surface area (Å²) in [7, 11) is 1.70. The summed E-state index contributed by atoms with van der Waals surface area (Å²) in [6, 6.07) is 9.64. The number of carbonyl (C=O) groups is 1. The molecule has 2 aromatic rings. The average molecular weight is 314 g/mol. The van der Waals surface area contributed by atoms with Crippen molar-refractivity contribution in [1.29, 1.82) is 0 Å². The van der Waals surface area contributed by atoms with E-state index in [4.69, 9.17) is 0 Å². The van der Waals surface area contributed by atoms with Gasteiger partial charge in [0.05, 0.1) is 18.0 Å². The monoisotopic (exact) mass is 314 g/mol. The van der Waals surface area contributed by atoms with Crippen molar-refractivity contribution in [2.75, 3.05) is 13.6 Å². The third-order valence-corrected chi connectivity index (χ3v) is 4.07. The van der Waals surface area contributed by atoms with E-state index in [1.165, 1.54) is 4.90 Å². The number of nitrogens with one attached hydrogen (secondary N) is 1. The first-order valence-corrected chi connectivity index (χ1v) is 7.89. The second kappa shape index (κ2) is 6.83. The van der Waals surface area contributed by atoms with Crippen molar-refractivity contribution >= 4 is 6.03 Å². The molecule has 6 nitrogen and oxygen atoms in total. The summed E-state index contributed by atoms with van der Waals surface area (Å²) >= 11 is 0. The molecule has 0 saturated heterocycles. The van der Waals surface area contributed by atoms with Crippen LogP contribution in [-0.4, -0.2) is 45.5 Å². The highest BCUT2D eigenvalue weighted by atomic mass is 16.3. The lowest BCUT2D eigenvalue weighted by Crippen LogP contribution is -2.41. The molecule has 1 aromatic heterocycles. The molecule has 1 aliphatic carbocycles. The minimum Gasteiger partial charge on any atom is -0.391 e. The van der Waals surface area contributed by atoms with Crippen LogP contribution in [0.5, 0.6) is 0 Å². The summed E-state index contributed by atoms with van der Waals surface area (Å²) in [5, 5.41) is 17.0. The van der Waals surface area contributed by atoms with Crippen molar-refractivity contribution in [2.45, 2.75) is 25.5 Å². The van der Waals surface area contributed by atoms with Crippen LogP contribution < -0.4 is 5.32 Å². The number of hydrogen-bond donors (Lipinski definition) is 2. The largest absolute Gasteiger partial charge is 0.391 e. The fourth-order valence-corrected chi connectivity index (χ4v) is 2.48. The number of carbonyl (C=O) groups excluding carboxylic acids is 1. The van der Waals surface area contributed by atoms with Crippen molar-refractivity contribution in [3.05, 3.63) is 48.3 Å². The number of benzene rings is 1. The number of para-hydroxylation sites is 1. The van der Waals surface area contributed by atoms with Gasteiger partial charge >= 0.3 is 6.03 Å². The van der Waals surface area contributed by atoms with Crippen LogP contribution in [0.4, 0.5) is 4.79 Å². The van der Waals surface area contributed by atoms with Gasteiger partial charge < -0.3 is 15.3 Å². The first-order chi connectivity index (χ1) is 11.1. The minimum absolute atomic E-state index is 0.183. The van der Waals surface area contributed by atoms with Gasteiger partial charge in [-0.3, -0.25) is 0 Å². The molecule has 2 N–H and O–H groups in total. The van der Waals surface area contributed by atoms with Crippen LogP contribution in [0.3, 0.4) is 0 Å². The standard InChI is InChI=1S/C17H22N4O2/c1-20(12-16(22)14-7-8-14)17(23)18-9-13-10-19-21(11-13)15-5-3-2-4-6-15/h2-6,10-11,14,16,22H,7-9,12H2,1H3,(H,18,23). The van der Waals surface area contributed by atoms with E-state index in [2.05, 4.69) is 10.4 Å². The number of hydrogen-bond acceptors (Lipinski definition) is 3. The zero-order valence-corrected chi connectivity index (χ0v) is 13.2. The maximum atomic E-state index is 12.0. The Bertz CT molecular complexity index is 652. The van der Waals surface area contributed by atoms with E-state index in [1.54, 1.807) is 17.9 Å². The Kier molecular flexibility index (Phi) is 4.62. The lowest BCUT2D eigenvalue weighted by atomic mass is 10.2. The summed E-state index contributed by atoms with van der Waals surface area (Å²) in [5.41, 5.74) is 1.91. The van der Waals surface area contributed by atoms with Gasteiger partial charge in [0.15, 0.2) is 0 Å². The van der Waals surface area contributed by atoms with E-state index >= 15 is 0 Å². The van der Waals surface area contributed by atoms with Crippen LogP contribution in [0.15, 0.2) is 42.7 Å². The molecule has 6 heteroatoms. The fraction of sp³-hybridized carbons (Fsp3) is 0.412. The van der Waals surface area contributed by atoms with E-state index in [-0.39, 0.29) is 6.03 Å². The third kappa shape index (κ3) is 4.10. The Balaban J connectivity index is 1.50. The molecule has 23 heavy (non-hydrogen) atoms. The first kappa shape index (κ1) is 15.6. The number of likely N-dealkylation sites (N-methyl/N-ethyl adjacent to an activating group) is 1. The van der Waals surface area contributed by atoms with Crippen molar-refractivity contribution in [2.24, 2.45) is 5.92 Å². The molecule has 1 aliphatic rings. The summed E-state index contributed by atoms with van der Waals surface area (Å²) in [6.07, 6.45) is 5.36. The highest BCUT2D eigenvalue weighted by Gasteiger charge is 2.31. The molecule has 0 spiro atoms. The van der Waals surface area contributed by atoms with Gasteiger partial charge in [0.1, 0.15) is 0 Å². The number of amides is 2. The molecule has 1 saturated carbocycles. The van der Waals surface area contributed by atoms with Crippen LogP contribution >= 0.6 is 0 Å². The van der Waals surface area contributed by atoms with Gasteiger partial charge in [0.25, 0.3) is 0 Å². The summed E-state index contributed by atoms with van der Waals surface area (Å²) < 4.78 is 1.78. The Hall–Kier alpha value is -2.34. The predicted molar refractivity (Wildman–Crippen MR) is 87.2 cm³/mol. The summed E-state index contributed by atoms with van der Waals surface area (Å²) in [4.78, 5) is 13.6. The first-order valence-electron chi connectivity index (χ1n) is 7.89. The van der Waals surface area contributed by atoms with Crippen molar-refractivity contribution in [3.8, 4) is 5.69 Å². The van der Waals surface area contributed by atoms with Crippen molar-refractivity contribution in [1.82, 2.24) is 20.0 Å². The summed E-state index contributed by atoms with van der Waals surface area (Å²) in [6.45, 7) is 0.787. The van der Waals surface area contributed by atoms with Gasteiger partial charge in [-0.1, -0.05) is 18.2 Å². The topological polar surface area (TPSA) is 70.4 Å². The van der Waals surface area contributed by atoms with E-state index < -0.39 is 6.10 Å². The highest BCUT2D eigenvalue weighted by molar-refractivity contribution is 5.73. The molecule has 1 heterocycles. The molecule has 3 rings (SSSR count). The number of aromatic nitrogens is 2. The number of urea groups is 1. The van der Waals surface area contributed by atoms with Gasteiger partial charge in [-0.2, -0.15) is 5.10 Å². The Morgan fingerprint density at radius 2 is 2.17 bits per heavy atom. The molecule has 0 radical (unpaired) electrons. The lowest BCUT2D eigenvalue weighted by Gasteiger charge is -2.21.